The Balaban J connectivity index is 3.58. The van der Waals surface area contributed by atoms with Crippen molar-refractivity contribution in [1.82, 2.24) is 5.32 Å². The number of carboxylic acid groups (broad SMARTS) is 1. The molecule has 0 aromatic carbocycles. The summed E-state index contributed by atoms with van der Waals surface area (Å²) in [6.07, 6.45) is 0.830. The van der Waals surface area contributed by atoms with Crippen molar-refractivity contribution >= 4 is 5.97 Å². The normalized spacial score (nSPS) is 14.9. The second-order valence-corrected chi connectivity index (χ2v) is 3.55. The van der Waals surface area contributed by atoms with E-state index >= 15 is 0 Å². The number of carbonyl (C=O) groups is 1. The number of rotatable bonds is 9. The average molecular weight is 219 g/mol. The second-order valence-electron chi connectivity index (χ2n) is 3.55. The van der Waals surface area contributed by atoms with Crippen molar-refractivity contribution in [2.24, 2.45) is 0 Å². The highest BCUT2D eigenvalue weighted by Gasteiger charge is 2.09. The Bertz CT molecular complexity index is 175. The van der Waals surface area contributed by atoms with Gasteiger partial charge in [0.25, 0.3) is 0 Å². The molecule has 90 valence electrons. The fourth-order valence-corrected chi connectivity index (χ4v) is 1.17. The van der Waals surface area contributed by atoms with Gasteiger partial charge >= 0.3 is 5.97 Å². The second kappa shape index (κ2) is 8.64. The molecule has 0 aromatic rings. The molecule has 0 saturated carbocycles. The number of carboxylic acids is 1. The van der Waals surface area contributed by atoms with Crippen LogP contribution in [0.3, 0.4) is 0 Å². The summed E-state index contributed by atoms with van der Waals surface area (Å²) in [5.41, 5.74) is 0. The van der Waals surface area contributed by atoms with Gasteiger partial charge in [-0.3, -0.25) is 4.79 Å². The van der Waals surface area contributed by atoms with Gasteiger partial charge < -0.3 is 19.9 Å². The van der Waals surface area contributed by atoms with E-state index in [-0.39, 0.29) is 18.6 Å². The van der Waals surface area contributed by atoms with Crippen molar-refractivity contribution < 1.29 is 19.4 Å². The van der Waals surface area contributed by atoms with E-state index in [0.29, 0.717) is 19.6 Å². The summed E-state index contributed by atoms with van der Waals surface area (Å²) in [7, 11) is 3.26. The quantitative estimate of drug-likeness (QED) is 0.590. The minimum atomic E-state index is -0.760. The van der Waals surface area contributed by atoms with Crippen LogP contribution in [0, 0.1) is 0 Å². The Morgan fingerprint density at radius 1 is 1.47 bits per heavy atom. The van der Waals surface area contributed by atoms with Crippen LogP contribution in [-0.4, -0.2) is 50.6 Å². The molecular formula is C10H21NO4. The predicted octanol–water partition coefficient (Wildman–Crippen LogP) is 0.491. The molecule has 0 bridgehead atoms. The molecular weight excluding hydrogens is 198 g/mol. The summed E-state index contributed by atoms with van der Waals surface area (Å²) < 4.78 is 10.1. The summed E-state index contributed by atoms with van der Waals surface area (Å²) in [5.74, 6) is -0.760. The van der Waals surface area contributed by atoms with Crippen LogP contribution < -0.4 is 5.32 Å². The minimum absolute atomic E-state index is 0.0160. The van der Waals surface area contributed by atoms with E-state index in [4.69, 9.17) is 14.6 Å². The molecule has 2 N–H and O–H groups in total. The molecule has 2 atom stereocenters. The zero-order valence-electron chi connectivity index (χ0n) is 9.66. The Morgan fingerprint density at radius 2 is 2.13 bits per heavy atom. The van der Waals surface area contributed by atoms with Gasteiger partial charge in [-0.25, -0.2) is 0 Å². The smallest absolute Gasteiger partial charge is 0.303 e. The third kappa shape index (κ3) is 8.35. The van der Waals surface area contributed by atoms with Crippen LogP contribution in [-0.2, 0) is 14.3 Å². The Labute approximate surface area is 90.8 Å². The third-order valence-electron chi connectivity index (χ3n) is 2.17. The van der Waals surface area contributed by atoms with Gasteiger partial charge in [-0.05, 0) is 13.3 Å². The van der Waals surface area contributed by atoms with Gasteiger partial charge in [-0.15, -0.1) is 0 Å². The van der Waals surface area contributed by atoms with Crippen LogP contribution in [0.5, 0.6) is 0 Å². The summed E-state index contributed by atoms with van der Waals surface area (Å²) >= 11 is 0. The van der Waals surface area contributed by atoms with Crippen LogP contribution in [0.1, 0.15) is 19.8 Å². The summed E-state index contributed by atoms with van der Waals surface area (Å²) in [4.78, 5) is 10.3. The van der Waals surface area contributed by atoms with Crippen molar-refractivity contribution in [1.29, 1.82) is 0 Å². The van der Waals surface area contributed by atoms with Gasteiger partial charge in [0.1, 0.15) is 0 Å². The van der Waals surface area contributed by atoms with Gasteiger partial charge in [-0.1, -0.05) is 0 Å². The lowest BCUT2D eigenvalue weighted by Crippen LogP contribution is -2.37. The molecule has 5 heteroatoms. The third-order valence-corrected chi connectivity index (χ3v) is 2.17. The van der Waals surface area contributed by atoms with Gasteiger partial charge in [0.05, 0.1) is 12.7 Å². The molecule has 0 amide bonds. The maximum atomic E-state index is 10.3. The number of nitrogens with one attached hydrogen (secondary N) is 1. The van der Waals surface area contributed by atoms with E-state index in [1.807, 2.05) is 6.92 Å². The van der Waals surface area contributed by atoms with Crippen LogP contribution >= 0.6 is 0 Å². The van der Waals surface area contributed by atoms with Crippen LogP contribution in [0.4, 0.5) is 0 Å². The van der Waals surface area contributed by atoms with E-state index in [1.165, 1.54) is 0 Å². The first-order valence-corrected chi connectivity index (χ1v) is 5.07. The molecule has 0 aromatic heterocycles. The lowest BCUT2D eigenvalue weighted by atomic mass is 10.2. The van der Waals surface area contributed by atoms with Crippen molar-refractivity contribution in [2.45, 2.75) is 31.9 Å². The summed E-state index contributed by atoms with van der Waals surface area (Å²) in [6, 6.07) is 0.176. The molecule has 0 heterocycles. The monoisotopic (exact) mass is 219 g/mol. The number of hydrogen-bond acceptors (Lipinski definition) is 4. The molecule has 5 nitrogen and oxygen atoms in total. The predicted molar refractivity (Wildman–Crippen MR) is 57.0 cm³/mol. The van der Waals surface area contributed by atoms with Crippen molar-refractivity contribution in [3.05, 3.63) is 0 Å². The highest BCUT2D eigenvalue weighted by Crippen LogP contribution is 1.97. The Hall–Kier alpha value is -0.650. The first-order valence-electron chi connectivity index (χ1n) is 5.07. The lowest BCUT2D eigenvalue weighted by Gasteiger charge is -2.18. The zero-order chi connectivity index (χ0) is 11.7. The van der Waals surface area contributed by atoms with E-state index in [2.05, 4.69) is 5.32 Å². The first kappa shape index (κ1) is 14.3. The SMILES string of the molecule is COCC(CNC(C)CCC(=O)O)OC. The van der Waals surface area contributed by atoms with Gasteiger partial charge in [0, 0.05) is 33.2 Å². The minimum Gasteiger partial charge on any atom is -0.481 e. The molecule has 0 saturated heterocycles. The lowest BCUT2D eigenvalue weighted by molar-refractivity contribution is -0.137. The van der Waals surface area contributed by atoms with Crippen molar-refractivity contribution in [3.8, 4) is 0 Å². The molecule has 0 aliphatic rings. The van der Waals surface area contributed by atoms with Crippen LogP contribution in [0.2, 0.25) is 0 Å². The highest BCUT2D eigenvalue weighted by atomic mass is 16.5. The Kier molecular flexibility index (Phi) is 8.27. The number of aliphatic carboxylic acids is 1. The van der Waals surface area contributed by atoms with Crippen molar-refractivity contribution in [2.75, 3.05) is 27.4 Å². The van der Waals surface area contributed by atoms with Gasteiger partial charge in [-0.2, -0.15) is 0 Å². The Morgan fingerprint density at radius 3 is 2.60 bits per heavy atom. The zero-order valence-corrected chi connectivity index (χ0v) is 9.66. The fraction of sp³-hybridized carbons (Fsp3) is 0.900. The molecule has 0 fully saturated rings. The first-order chi connectivity index (χ1) is 7.10. The highest BCUT2D eigenvalue weighted by molar-refractivity contribution is 5.66. The van der Waals surface area contributed by atoms with Crippen LogP contribution in [0.25, 0.3) is 0 Å². The van der Waals surface area contributed by atoms with E-state index in [9.17, 15) is 4.79 Å². The molecule has 0 rings (SSSR count). The standard InChI is InChI=1S/C10H21NO4/c1-8(4-5-10(12)13)11-6-9(15-3)7-14-2/h8-9,11H,4-7H2,1-3H3,(H,12,13). The molecule has 0 radical (unpaired) electrons. The molecule has 0 spiro atoms. The molecule has 15 heavy (non-hydrogen) atoms. The van der Waals surface area contributed by atoms with E-state index in [1.54, 1.807) is 14.2 Å². The number of methoxy groups -OCH3 is 2. The summed E-state index contributed by atoms with van der Waals surface area (Å²) in [5, 5.41) is 11.7. The van der Waals surface area contributed by atoms with E-state index < -0.39 is 5.97 Å². The maximum Gasteiger partial charge on any atom is 0.303 e. The maximum absolute atomic E-state index is 10.3. The number of ether oxygens (including phenoxy) is 2. The largest absolute Gasteiger partial charge is 0.481 e. The molecule has 0 aliphatic carbocycles. The number of hydrogen-bond donors (Lipinski definition) is 2. The van der Waals surface area contributed by atoms with E-state index in [0.717, 1.165) is 0 Å². The van der Waals surface area contributed by atoms with Gasteiger partial charge in [0.15, 0.2) is 0 Å². The molecule has 2 unspecified atom stereocenters. The van der Waals surface area contributed by atoms with Gasteiger partial charge in [0.2, 0.25) is 0 Å². The average Bonchev–Trinajstić information content (AvgIpc) is 2.21. The topological polar surface area (TPSA) is 67.8 Å². The summed E-state index contributed by atoms with van der Waals surface area (Å²) in [6.45, 7) is 3.17. The molecule has 0 aliphatic heterocycles. The fourth-order valence-electron chi connectivity index (χ4n) is 1.17. The van der Waals surface area contributed by atoms with Crippen molar-refractivity contribution in [3.63, 3.8) is 0 Å². The van der Waals surface area contributed by atoms with Crippen LogP contribution in [0.15, 0.2) is 0 Å².